The predicted molar refractivity (Wildman–Crippen MR) is 89.0 cm³/mol. The number of rotatable bonds is 6. The van der Waals surface area contributed by atoms with Crippen molar-refractivity contribution >= 4 is 40.2 Å². The Labute approximate surface area is 137 Å². The number of anilines is 3. The van der Waals surface area contributed by atoms with Crippen molar-refractivity contribution in [2.75, 3.05) is 17.2 Å². The van der Waals surface area contributed by atoms with Gasteiger partial charge in [0.15, 0.2) is 11.3 Å². The van der Waals surface area contributed by atoms with Gasteiger partial charge in [0.1, 0.15) is 0 Å². The van der Waals surface area contributed by atoms with Gasteiger partial charge in [-0.25, -0.2) is 0 Å². The molecule has 1 aromatic carbocycles. The van der Waals surface area contributed by atoms with Crippen LogP contribution in [0.15, 0.2) is 24.3 Å². The number of H-pyrrole nitrogens is 1. The number of aromatic nitrogens is 5. The molecule has 2 heterocycles. The van der Waals surface area contributed by atoms with Gasteiger partial charge in [-0.3, -0.25) is 0 Å². The van der Waals surface area contributed by atoms with E-state index in [0.717, 1.165) is 12.1 Å². The molecule has 3 aromatic rings. The Morgan fingerprint density at radius 3 is 2.70 bits per heavy atom. The van der Waals surface area contributed by atoms with Gasteiger partial charge >= 0.3 is 0 Å². The van der Waals surface area contributed by atoms with Crippen LogP contribution in [0.3, 0.4) is 0 Å². The molecule has 8 nitrogen and oxygen atoms in total. The zero-order valence-corrected chi connectivity index (χ0v) is 13.2. The Balaban J connectivity index is 1.94. The molecular formula is C14H16ClN7O. The van der Waals surface area contributed by atoms with E-state index >= 15 is 0 Å². The van der Waals surface area contributed by atoms with E-state index in [4.69, 9.17) is 11.6 Å². The highest BCUT2D eigenvalue weighted by Gasteiger charge is 2.14. The third-order valence-electron chi connectivity index (χ3n) is 3.34. The SMILES string of the molecule is CCC(CO)Nc1nc(Nc2ccc(Cl)cc2)c2n[nH]nc2n1. The summed E-state index contributed by atoms with van der Waals surface area (Å²) in [6, 6.07) is 7.12. The van der Waals surface area contributed by atoms with Gasteiger partial charge in [0.05, 0.1) is 12.6 Å². The molecule has 0 fully saturated rings. The van der Waals surface area contributed by atoms with E-state index in [0.29, 0.717) is 28.0 Å². The number of benzene rings is 1. The highest BCUT2D eigenvalue weighted by Crippen LogP contribution is 2.23. The number of halogens is 1. The molecule has 0 bridgehead atoms. The molecule has 0 radical (unpaired) electrons. The first-order chi connectivity index (χ1) is 11.2. The van der Waals surface area contributed by atoms with Crippen LogP contribution in [0.25, 0.3) is 11.2 Å². The maximum absolute atomic E-state index is 9.31. The van der Waals surface area contributed by atoms with Crippen molar-refractivity contribution in [3.63, 3.8) is 0 Å². The summed E-state index contributed by atoms with van der Waals surface area (Å²) < 4.78 is 0. The van der Waals surface area contributed by atoms with E-state index in [1.807, 2.05) is 19.1 Å². The summed E-state index contributed by atoms with van der Waals surface area (Å²) >= 11 is 5.89. The first-order valence-electron chi connectivity index (χ1n) is 7.18. The monoisotopic (exact) mass is 333 g/mol. The summed E-state index contributed by atoms with van der Waals surface area (Å²) in [6.07, 6.45) is 0.747. The number of hydrogen-bond donors (Lipinski definition) is 4. The Morgan fingerprint density at radius 2 is 2.00 bits per heavy atom. The molecule has 0 aliphatic rings. The molecule has 1 atom stereocenters. The van der Waals surface area contributed by atoms with E-state index in [1.165, 1.54) is 0 Å². The molecule has 0 aliphatic heterocycles. The first kappa shape index (κ1) is 15.4. The van der Waals surface area contributed by atoms with Gasteiger partial charge in [-0.15, -0.1) is 5.10 Å². The van der Waals surface area contributed by atoms with Crippen molar-refractivity contribution in [3.05, 3.63) is 29.3 Å². The summed E-state index contributed by atoms with van der Waals surface area (Å²) in [5.41, 5.74) is 1.78. The lowest BCUT2D eigenvalue weighted by atomic mass is 10.2. The van der Waals surface area contributed by atoms with Crippen LogP contribution in [0.1, 0.15) is 13.3 Å². The third kappa shape index (κ3) is 3.49. The zero-order chi connectivity index (χ0) is 16.2. The molecule has 9 heteroatoms. The maximum Gasteiger partial charge on any atom is 0.227 e. The average molecular weight is 334 g/mol. The molecular weight excluding hydrogens is 318 g/mol. The van der Waals surface area contributed by atoms with Crippen molar-refractivity contribution in [1.82, 2.24) is 25.4 Å². The minimum atomic E-state index is -0.122. The van der Waals surface area contributed by atoms with Crippen molar-refractivity contribution in [2.24, 2.45) is 0 Å². The molecule has 4 N–H and O–H groups in total. The van der Waals surface area contributed by atoms with Crippen molar-refractivity contribution in [2.45, 2.75) is 19.4 Å². The van der Waals surface area contributed by atoms with Gasteiger partial charge < -0.3 is 15.7 Å². The van der Waals surface area contributed by atoms with Crippen LogP contribution < -0.4 is 10.6 Å². The van der Waals surface area contributed by atoms with Crippen molar-refractivity contribution < 1.29 is 5.11 Å². The Hall–Kier alpha value is -2.45. The molecule has 1 unspecified atom stereocenters. The van der Waals surface area contributed by atoms with Gasteiger partial charge in [0.2, 0.25) is 11.6 Å². The smallest absolute Gasteiger partial charge is 0.227 e. The molecule has 23 heavy (non-hydrogen) atoms. The van der Waals surface area contributed by atoms with Gasteiger partial charge in [-0.2, -0.15) is 20.3 Å². The number of nitrogens with zero attached hydrogens (tertiary/aromatic N) is 4. The summed E-state index contributed by atoms with van der Waals surface area (Å²) in [5, 5.41) is 26.8. The summed E-state index contributed by atoms with van der Waals surface area (Å²) in [7, 11) is 0. The standard InChI is InChI=1S/C14H16ClN7O/c1-2-9(7-23)17-14-18-12(11-13(19-14)21-22-20-11)16-10-5-3-8(15)4-6-10/h3-6,9,23H,2,7H2,1H3,(H3,16,17,18,19,20,21,22). The molecule has 3 rings (SSSR count). The fourth-order valence-electron chi connectivity index (χ4n) is 2.03. The minimum Gasteiger partial charge on any atom is -0.394 e. The number of hydrogen-bond acceptors (Lipinski definition) is 7. The van der Waals surface area contributed by atoms with E-state index in [2.05, 4.69) is 36.0 Å². The summed E-state index contributed by atoms with van der Waals surface area (Å²) in [5.74, 6) is 0.894. The lowest BCUT2D eigenvalue weighted by molar-refractivity contribution is 0.271. The second kappa shape index (κ2) is 6.76. The highest BCUT2D eigenvalue weighted by atomic mass is 35.5. The van der Waals surface area contributed by atoms with Crippen LogP contribution >= 0.6 is 11.6 Å². The maximum atomic E-state index is 9.31. The van der Waals surface area contributed by atoms with Gasteiger partial charge in [-0.05, 0) is 30.7 Å². The fourth-order valence-corrected chi connectivity index (χ4v) is 2.15. The van der Waals surface area contributed by atoms with Gasteiger partial charge in [-0.1, -0.05) is 18.5 Å². The van der Waals surface area contributed by atoms with Crippen LogP contribution in [-0.4, -0.2) is 43.1 Å². The van der Waals surface area contributed by atoms with Gasteiger partial charge in [0.25, 0.3) is 0 Å². The Kier molecular flexibility index (Phi) is 4.54. The number of aromatic amines is 1. The summed E-state index contributed by atoms with van der Waals surface area (Å²) in [6.45, 7) is 1.96. The van der Waals surface area contributed by atoms with Crippen LogP contribution in [0.4, 0.5) is 17.5 Å². The Morgan fingerprint density at radius 1 is 1.22 bits per heavy atom. The quantitative estimate of drug-likeness (QED) is 0.547. The normalized spacial score (nSPS) is 12.3. The lowest BCUT2D eigenvalue weighted by Gasteiger charge is -2.14. The van der Waals surface area contributed by atoms with Crippen LogP contribution in [0.2, 0.25) is 5.02 Å². The molecule has 0 saturated carbocycles. The second-order valence-electron chi connectivity index (χ2n) is 4.96. The topological polar surface area (TPSA) is 112 Å². The largest absolute Gasteiger partial charge is 0.394 e. The van der Waals surface area contributed by atoms with E-state index in [9.17, 15) is 5.11 Å². The Bertz CT molecular complexity index is 785. The third-order valence-corrected chi connectivity index (χ3v) is 3.59. The van der Waals surface area contributed by atoms with Crippen LogP contribution in [0, 0.1) is 0 Å². The zero-order valence-electron chi connectivity index (χ0n) is 12.4. The molecule has 0 amide bonds. The van der Waals surface area contributed by atoms with Gasteiger partial charge in [0, 0.05) is 10.7 Å². The first-order valence-corrected chi connectivity index (χ1v) is 7.56. The van der Waals surface area contributed by atoms with E-state index in [1.54, 1.807) is 12.1 Å². The predicted octanol–water partition coefficient (Wildman–Crippen LogP) is 2.33. The molecule has 2 aromatic heterocycles. The lowest BCUT2D eigenvalue weighted by Crippen LogP contribution is -2.24. The van der Waals surface area contributed by atoms with E-state index < -0.39 is 0 Å². The van der Waals surface area contributed by atoms with Crippen LogP contribution in [0.5, 0.6) is 0 Å². The number of aliphatic hydroxyl groups is 1. The highest BCUT2D eigenvalue weighted by molar-refractivity contribution is 6.30. The fraction of sp³-hybridized carbons (Fsp3) is 0.286. The van der Waals surface area contributed by atoms with E-state index in [-0.39, 0.29) is 12.6 Å². The van der Waals surface area contributed by atoms with Crippen molar-refractivity contribution in [1.29, 1.82) is 0 Å². The molecule has 0 saturated heterocycles. The van der Waals surface area contributed by atoms with Crippen molar-refractivity contribution in [3.8, 4) is 0 Å². The van der Waals surface area contributed by atoms with Crippen LogP contribution in [-0.2, 0) is 0 Å². The number of fused-ring (bicyclic) bond motifs is 1. The molecule has 0 spiro atoms. The number of nitrogens with one attached hydrogen (secondary N) is 3. The summed E-state index contributed by atoms with van der Waals surface area (Å²) in [4.78, 5) is 8.71. The second-order valence-corrected chi connectivity index (χ2v) is 5.39. The minimum absolute atomic E-state index is 0.00331. The molecule has 120 valence electrons. The average Bonchev–Trinajstić information content (AvgIpc) is 3.03. The molecule has 0 aliphatic carbocycles. The number of aliphatic hydroxyl groups excluding tert-OH is 1.